The third-order valence-electron chi connectivity index (χ3n) is 6.71. The van der Waals surface area contributed by atoms with Crippen molar-refractivity contribution in [2.45, 2.75) is 53.0 Å². The van der Waals surface area contributed by atoms with Gasteiger partial charge in [-0.05, 0) is 54.0 Å². The van der Waals surface area contributed by atoms with Gasteiger partial charge in [0.15, 0.2) is 0 Å². The average Bonchev–Trinajstić information content (AvgIpc) is 2.95. The lowest BCUT2D eigenvalue weighted by Gasteiger charge is -2.20. The Balaban J connectivity index is 1.77. The molecule has 0 saturated heterocycles. The largest absolute Gasteiger partial charge is 0.491 e. The molecule has 0 radical (unpaired) electrons. The van der Waals surface area contributed by atoms with Crippen molar-refractivity contribution in [1.82, 2.24) is 10.2 Å². The van der Waals surface area contributed by atoms with Gasteiger partial charge in [0.1, 0.15) is 18.4 Å². The fraction of sp³-hybridized carbons (Fsp3) is 0.406. The summed E-state index contributed by atoms with van der Waals surface area (Å²) in [4.78, 5) is 40.3. The summed E-state index contributed by atoms with van der Waals surface area (Å²) in [5.41, 5.74) is 1.70. The Morgan fingerprint density at radius 2 is 1.65 bits per heavy atom. The molecule has 0 bridgehead atoms. The molecule has 0 aliphatic carbocycles. The van der Waals surface area contributed by atoms with E-state index in [2.05, 4.69) is 36.3 Å². The first-order chi connectivity index (χ1) is 19.3. The highest BCUT2D eigenvalue weighted by Crippen LogP contribution is 2.27. The van der Waals surface area contributed by atoms with Gasteiger partial charge in [0.05, 0.1) is 17.9 Å². The summed E-state index contributed by atoms with van der Waals surface area (Å²) in [7, 11) is 0. The minimum absolute atomic E-state index is 0.290. The first kappa shape index (κ1) is 30.6. The standard InChI is InChI=1S/C32H41N3O5/c1-5-8-18-39-30-22-27(32(38)40-19-17-35(6-2)7-3)15-16-28(30)34-31(37)29(33-23(4)36)21-24-13-14-25-11-9-10-12-26(25)20-24/h9-16,20,22,29H,5-8,17-19,21H2,1-4H3,(H,33,36)(H,34,37)/t29-/m1/s1. The monoisotopic (exact) mass is 547 g/mol. The number of benzene rings is 3. The minimum Gasteiger partial charge on any atom is -0.491 e. The van der Waals surface area contributed by atoms with Gasteiger partial charge in [0, 0.05) is 19.9 Å². The normalized spacial score (nSPS) is 11.7. The number of nitrogens with one attached hydrogen (secondary N) is 2. The second kappa shape index (κ2) is 15.6. The molecule has 0 aliphatic heterocycles. The lowest BCUT2D eigenvalue weighted by Crippen LogP contribution is -2.44. The number of amides is 2. The molecular formula is C32H41N3O5. The van der Waals surface area contributed by atoms with E-state index in [0.29, 0.717) is 36.6 Å². The van der Waals surface area contributed by atoms with Crippen molar-refractivity contribution >= 4 is 34.2 Å². The van der Waals surface area contributed by atoms with Crippen LogP contribution >= 0.6 is 0 Å². The lowest BCUT2D eigenvalue weighted by atomic mass is 10.0. The summed E-state index contributed by atoms with van der Waals surface area (Å²) in [6.07, 6.45) is 2.08. The highest BCUT2D eigenvalue weighted by atomic mass is 16.5. The van der Waals surface area contributed by atoms with Crippen LogP contribution in [0.5, 0.6) is 5.75 Å². The number of rotatable bonds is 15. The number of hydrogen-bond acceptors (Lipinski definition) is 6. The summed E-state index contributed by atoms with van der Waals surface area (Å²) in [5, 5.41) is 7.84. The topological polar surface area (TPSA) is 97.0 Å². The SMILES string of the molecule is CCCCOc1cc(C(=O)OCCN(CC)CC)ccc1NC(=O)[C@@H](Cc1ccc2ccccc2c1)NC(C)=O. The molecule has 0 heterocycles. The van der Waals surface area contributed by atoms with Crippen molar-refractivity contribution in [3.8, 4) is 5.75 Å². The number of ether oxygens (including phenoxy) is 2. The van der Waals surface area contributed by atoms with Gasteiger partial charge >= 0.3 is 5.97 Å². The molecule has 0 aliphatic rings. The molecule has 3 aromatic carbocycles. The molecule has 214 valence electrons. The molecule has 0 spiro atoms. The van der Waals surface area contributed by atoms with Crippen LogP contribution in [0.25, 0.3) is 10.8 Å². The van der Waals surface area contributed by atoms with Crippen LogP contribution in [-0.4, -0.2) is 61.6 Å². The van der Waals surface area contributed by atoms with Crippen molar-refractivity contribution in [1.29, 1.82) is 0 Å². The third kappa shape index (κ3) is 9.09. The Kier molecular flexibility index (Phi) is 12.0. The van der Waals surface area contributed by atoms with Gasteiger partial charge in [0.2, 0.25) is 11.8 Å². The Morgan fingerprint density at radius 1 is 0.900 bits per heavy atom. The number of hydrogen-bond donors (Lipinski definition) is 2. The van der Waals surface area contributed by atoms with E-state index >= 15 is 0 Å². The zero-order chi connectivity index (χ0) is 28.9. The second-order valence-corrected chi connectivity index (χ2v) is 9.70. The first-order valence-corrected chi connectivity index (χ1v) is 14.1. The van der Waals surface area contributed by atoms with E-state index < -0.39 is 12.0 Å². The molecule has 0 saturated carbocycles. The quantitative estimate of drug-likeness (QED) is 0.200. The second-order valence-electron chi connectivity index (χ2n) is 9.70. The maximum absolute atomic E-state index is 13.4. The molecule has 40 heavy (non-hydrogen) atoms. The van der Waals surface area contributed by atoms with Crippen molar-refractivity contribution < 1.29 is 23.9 Å². The number of likely N-dealkylation sites (N-methyl/N-ethyl adjacent to an activating group) is 1. The van der Waals surface area contributed by atoms with Gasteiger partial charge in [-0.2, -0.15) is 0 Å². The number of fused-ring (bicyclic) bond motifs is 1. The number of unbranched alkanes of at least 4 members (excludes halogenated alkanes) is 1. The molecule has 8 nitrogen and oxygen atoms in total. The Hall–Kier alpha value is -3.91. The molecule has 1 atom stereocenters. The van der Waals surface area contributed by atoms with E-state index in [9.17, 15) is 14.4 Å². The number of anilines is 1. The lowest BCUT2D eigenvalue weighted by molar-refractivity contribution is -0.125. The highest BCUT2D eigenvalue weighted by molar-refractivity contribution is 5.99. The summed E-state index contributed by atoms with van der Waals surface area (Å²) >= 11 is 0. The average molecular weight is 548 g/mol. The summed E-state index contributed by atoms with van der Waals surface area (Å²) in [6, 6.07) is 18.0. The zero-order valence-corrected chi connectivity index (χ0v) is 24.0. The molecule has 0 fully saturated rings. The molecular weight excluding hydrogens is 506 g/mol. The fourth-order valence-electron chi connectivity index (χ4n) is 4.37. The van der Waals surface area contributed by atoms with Gasteiger partial charge in [-0.1, -0.05) is 69.7 Å². The van der Waals surface area contributed by atoms with Crippen LogP contribution in [0.1, 0.15) is 56.5 Å². The molecule has 0 aromatic heterocycles. The predicted octanol–water partition coefficient (Wildman–Crippen LogP) is 5.20. The summed E-state index contributed by atoms with van der Waals surface area (Å²) < 4.78 is 11.4. The van der Waals surface area contributed by atoms with Crippen LogP contribution in [0.15, 0.2) is 60.7 Å². The van der Waals surface area contributed by atoms with Crippen molar-refractivity contribution in [2.24, 2.45) is 0 Å². The van der Waals surface area contributed by atoms with Crippen LogP contribution in [0.3, 0.4) is 0 Å². The van der Waals surface area contributed by atoms with E-state index in [1.54, 1.807) is 18.2 Å². The first-order valence-electron chi connectivity index (χ1n) is 14.1. The van der Waals surface area contributed by atoms with E-state index in [4.69, 9.17) is 9.47 Å². The van der Waals surface area contributed by atoms with E-state index in [0.717, 1.165) is 42.3 Å². The Morgan fingerprint density at radius 3 is 2.35 bits per heavy atom. The molecule has 0 unspecified atom stereocenters. The number of carbonyl (C=O) groups excluding carboxylic acids is 3. The predicted molar refractivity (Wildman–Crippen MR) is 159 cm³/mol. The van der Waals surface area contributed by atoms with Gasteiger partial charge in [0.25, 0.3) is 0 Å². The van der Waals surface area contributed by atoms with Crippen LogP contribution in [0.4, 0.5) is 5.69 Å². The van der Waals surface area contributed by atoms with Crippen LogP contribution in [0.2, 0.25) is 0 Å². The summed E-state index contributed by atoms with van der Waals surface area (Å²) in [6.45, 7) is 10.7. The summed E-state index contributed by atoms with van der Waals surface area (Å²) in [5.74, 6) is -0.744. The zero-order valence-electron chi connectivity index (χ0n) is 24.0. The number of esters is 1. The minimum atomic E-state index is -0.799. The smallest absolute Gasteiger partial charge is 0.338 e. The molecule has 3 rings (SSSR count). The van der Waals surface area contributed by atoms with Crippen molar-refractivity contribution in [2.75, 3.05) is 38.2 Å². The number of carbonyl (C=O) groups is 3. The van der Waals surface area contributed by atoms with Crippen molar-refractivity contribution in [3.63, 3.8) is 0 Å². The van der Waals surface area contributed by atoms with Gasteiger partial charge < -0.3 is 25.0 Å². The fourth-order valence-corrected chi connectivity index (χ4v) is 4.37. The van der Waals surface area contributed by atoms with Gasteiger partial charge in [-0.25, -0.2) is 4.79 Å². The molecule has 2 N–H and O–H groups in total. The third-order valence-corrected chi connectivity index (χ3v) is 6.71. The Bertz CT molecular complexity index is 1290. The number of nitrogens with zero attached hydrogens (tertiary/aromatic N) is 1. The van der Waals surface area contributed by atoms with Gasteiger partial charge in [-0.3, -0.25) is 9.59 Å². The van der Waals surface area contributed by atoms with E-state index in [-0.39, 0.29) is 18.4 Å². The van der Waals surface area contributed by atoms with E-state index in [1.807, 2.05) is 42.5 Å². The Labute approximate surface area is 237 Å². The van der Waals surface area contributed by atoms with Crippen LogP contribution in [0, 0.1) is 0 Å². The maximum Gasteiger partial charge on any atom is 0.338 e. The highest BCUT2D eigenvalue weighted by Gasteiger charge is 2.22. The van der Waals surface area contributed by atoms with Crippen LogP contribution < -0.4 is 15.4 Å². The van der Waals surface area contributed by atoms with Crippen LogP contribution in [-0.2, 0) is 20.7 Å². The molecule has 8 heteroatoms. The molecule has 3 aromatic rings. The van der Waals surface area contributed by atoms with E-state index in [1.165, 1.54) is 6.92 Å². The van der Waals surface area contributed by atoms with Gasteiger partial charge in [-0.15, -0.1) is 0 Å². The molecule has 2 amide bonds. The maximum atomic E-state index is 13.4. The van der Waals surface area contributed by atoms with Crippen molar-refractivity contribution in [3.05, 3.63) is 71.8 Å².